The predicted molar refractivity (Wildman–Crippen MR) is 85.0 cm³/mol. The Morgan fingerprint density at radius 3 is 2.58 bits per heavy atom. The summed E-state index contributed by atoms with van der Waals surface area (Å²) in [4.78, 5) is 6.37. The third kappa shape index (κ3) is 2.60. The molecule has 0 atom stereocenters. The number of benzene rings is 2. The van der Waals surface area contributed by atoms with Crippen LogP contribution in [0.4, 0.5) is 4.39 Å². The third-order valence-electron chi connectivity index (χ3n) is 2.73. The average molecular weight is 381 g/mol. The molecule has 1 heterocycles. The van der Waals surface area contributed by atoms with Crippen LogP contribution in [0.2, 0.25) is 0 Å². The zero-order valence-electron chi connectivity index (χ0n) is 9.81. The van der Waals surface area contributed by atoms with Gasteiger partial charge in [0.1, 0.15) is 5.82 Å². The molecule has 2 aromatic carbocycles. The Hall–Kier alpha value is -1.14. The Bertz CT molecular complexity index is 740. The lowest BCUT2D eigenvalue weighted by atomic mass is 10.2. The van der Waals surface area contributed by atoms with Crippen LogP contribution >= 0.6 is 34.4 Å². The van der Waals surface area contributed by atoms with Crippen LogP contribution in [-0.2, 0) is 0 Å². The highest BCUT2D eigenvalue weighted by Crippen LogP contribution is 2.35. The summed E-state index contributed by atoms with van der Waals surface area (Å²) >= 11 is 3.59. The number of fused-ring (bicyclic) bond motifs is 1. The van der Waals surface area contributed by atoms with E-state index in [1.807, 2.05) is 59.0 Å². The van der Waals surface area contributed by atoms with Crippen molar-refractivity contribution in [2.45, 2.75) is 9.79 Å². The van der Waals surface area contributed by atoms with Gasteiger partial charge in [0.2, 0.25) is 0 Å². The lowest BCUT2D eigenvalue weighted by Crippen LogP contribution is -1.86. The number of nitrogens with zero attached hydrogens (tertiary/aromatic N) is 1. The molecule has 1 nitrogen and oxygen atoms in total. The first-order valence-corrected chi connectivity index (χ1v) is 7.61. The van der Waals surface area contributed by atoms with Crippen molar-refractivity contribution >= 4 is 45.3 Å². The van der Waals surface area contributed by atoms with E-state index in [2.05, 4.69) is 4.98 Å². The molecular weight excluding hydrogens is 372 g/mol. The van der Waals surface area contributed by atoms with Crippen molar-refractivity contribution in [3.63, 3.8) is 0 Å². The minimum Gasteiger partial charge on any atom is -0.255 e. The van der Waals surface area contributed by atoms with E-state index in [9.17, 15) is 4.39 Å². The molecule has 0 saturated carbocycles. The average Bonchev–Trinajstić information content (AvgIpc) is 2.44. The van der Waals surface area contributed by atoms with Crippen LogP contribution in [0.25, 0.3) is 10.9 Å². The molecule has 0 saturated heterocycles. The summed E-state index contributed by atoms with van der Waals surface area (Å²) in [7, 11) is 0. The summed E-state index contributed by atoms with van der Waals surface area (Å²) in [5.41, 5.74) is 0.954. The van der Waals surface area contributed by atoms with Crippen LogP contribution in [0.1, 0.15) is 0 Å². The minimum absolute atomic E-state index is 0.182. The highest BCUT2D eigenvalue weighted by Gasteiger charge is 2.09. The summed E-state index contributed by atoms with van der Waals surface area (Å²) in [5.74, 6) is -0.182. The molecular formula is C15H9FINS. The molecule has 3 aromatic rings. The van der Waals surface area contributed by atoms with Gasteiger partial charge in [-0.3, -0.25) is 4.98 Å². The number of aromatic nitrogens is 1. The largest absolute Gasteiger partial charge is 0.255 e. The van der Waals surface area contributed by atoms with E-state index in [1.54, 1.807) is 24.0 Å². The standard InChI is InChI=1S/C15H9FINS/c16-11-6-2-7-12(14(11)17)19-13-8-1-4-10-5-3-9-18-15(10)13/h1-9H. The van der Waals surface area contributed by atoms with Crippen molar-refractivity contribution < 1.29 is 4.39 Å². The van der Waals surface area contributed by atoms with Crippen molar-refractivity contribution in [1.82, 2.24) is 4.98 Å². The topological polar surface area (TPSA) is 12.9 Å². The maximum atomic E-state index is 13.6. The maximum absolute atomic E-state index is 13.6. The molecule has 0 N–H and O–H groups in total. The molecule has 0 aliphatic carbocycles. The fraction of sp³-hybridized carbons (Fsp3) is 0. The SMILES string of the molecule is Fc1cccc(Sc2cccc3cccnc23)c1I. The summed E-state index contributed by atoms with van der Waals surface area (Å²) in [6.07, 6.45) is 1.78. The number of hydrogen-bond donors (Lipinski definition) is 0. The third-order valence-corrected chi connectivity index (χ3v) is 5.30. The van der Waals surface area contributed by atoms with Crippen LogP contribution in [0, 0.1) is 9.39 Å². The van der Waals surface area contributed by atoms with Crippen LogP contribution in [-0.4, -0.2) is 4.98 Å². The van der Waals surface area contributed by atoms with Crippen LogP contribution in [0.3, 0.4) is 0 Å². The van der Waals surface area contributed by atoms with E-state index in [4.69, 9.17) is 0 Å². The number of pyridine rings is 1. The fourth-order valence-corrected chi connectivity index (χ4v) is 3.51. The van der Waals surface area contributed by atoms with Gasteiger partial charge in [0.25, 0.3) is 0 Å². The summed E-state index contributed by atoms with van der Waals surface area (Å²) in [6, 6.07) is 15.1. The molecule has 19 heavy (non-hydrogen) atoms. The lowest BCUT2D eigenvalue weighted by molar-refractivity contribution is 0.615. The van der Waals surface area contributed by atoms with Gasteiger partial charge in [-0.05, 0) is 46.9 Å². The van der Waals surface area contributed by atoms with Gasteiger partial charge in [-0.25, -0.2) is 4.39 Å². The summed E-state index contributed by atoms with van der Waals surface area (Å²) < 4.78 is 14.2. The van der Waals surface area contributed by atoms with Gasteiger partial charge < -0.3 is 0 Å². The fourth-order valence-electron chi connectivity index (χ4n) is 1.84. The Kier molecular flexibility index (Phi) is 3.70. The van der Waals surface area contributed by atoms with E-state index < -0.39 is 0 Å². The molecule has 94 valence electrons. The van der Waals surface area contributed by atoms with E-state index in [0.29, 0.717) is 3.57 Å². The van der Waals surface area contributed by atoms with Crippen molar-refractivity contribution in [2.24, 2.45) is 0 Å². The highest BCUT2D eigenvalue weighted by atomic mass is 127. The van der Waals surface area contributed by atoms with Crippen molar-refractivity contribution in [1.29, 1.82) is 0 Å². The van der Waals surface area contributed by atoms with E-state index in [1.165, 1.54) is 6.07 Å². The highest BCUT2D eigenvalue weighted by molar-refractivity contribution is 14.1. The molecule has 0 fully saturated rings. The molecule has 0 bridgehead atoms. The molecule has 1 aromatic heterocycles. The molecule has 0 aliphatic rings. The van der Waals surface area contributed by atoms with Crippen molar-refractivity contribution in [3.8, 4) is 0 Å². The van der Waals surface area contributed by atoms with Gasteiger partial charge >= 0.3 is 0 Å². The molecule has 4 heteroatoms. The smallest absolute Gasteiger partial charge is 0.137 e. The zero-order chi connectivity index (χ0) is 13.2. The first kappa shape index (κ1) is 12.9. The number of rotatable bonds is 2. The van der Waals surface area contributed by atoms with Crippen molar-refractivity contribution in [3.05, 3.63) is 64.1 Å². The summed E-state index contributed by atoms with van der Waals surface area (Å²) in [6.45, 7) is 0. The molecule has 0 unspecified atom stereocenters. The van der Waals surface area contributed by atoms with Gasteiger partial charge in [0, 0.05) is 21.4 Å². The molecule has 0 amide bonds. The first-order valence-electron chi connectivity index (χ1n) is 5.71. The summed E-state index contributed by atoms with van der Waals surface area (Å²) in [5, 5.41) is 1.10. The second-order valence-corrected chi connectivity index (χ2v) is 6.15. The Morgan fingerprint density at radius 2 is 1.68 bits per heavy atom. The number of halogens is 2. The van der Waals surface area contributed by atoms with E-state index in [0.717, 1.165) is 20.7 Å². The molecule has 0 aliphatic heterocycles. The van der Waals surface area contributed by atoms with Gasteiger partial charge in [-0.15, -0.1) is 0 Å². The first-order chi connectivity index (χ1) is 9.25. The maximum Gasteiger partial charge on any atom is 0.137 e. The van der Waals surface area contributed by atoms with Crippen LogP contribution in [0.15, 0.2) is 64.5 Å². The van der Waals surface area contributed by atoms with Gasteiger partial charge in [-0.2, -0.15) is 0 Å². The van der Waals surface area contributed by atoms with E-state index >= 15 is 0 Å². The number of hydrogen-bond acceptors (Lipinski definition) is 2. The van der Waals surface area contributed by atoms with Gasteiger partial charge in [0.05, 0.1) is 9.09 Å². The lowest BCUT2D eigenvalue weighted by Gasteiger charge is -2.07. The van der Waals surface area contributed by atoms with Crippen molar-refractivity contribution in [2.75, 3.05) is 0 Å². The van der Waals surface area contributed by atoms with Gasteiger partial charge in [0.15, 0.2) is 0 Å². The Balaban J connectivity index is 2.09. The predicted octanol–water partition coefficient (Wildman–Crippen LogP) is 5.13. The monoisotopic (exact) mass is 381 g/mol. The molecule has 3 rings (SSSR count). The zero-order valence-corrected chi connectivity index (χ0v) is 12.8. The second-order valence-electron chi connectivity index (χ2n) is 3.99. The Labute approximate surface area is 128 Å². The van der Waals surface area contributed by atoms with E-state index in [-0.39, 0.29) is 5.82 Å². The Morgan fingerprint density at radius 1 is 0.947 bits per heavy atom. The van der Waals surface area contributed by atoms with Crippen LogP contribution < -0.4 is 0 Å². The normalized spacial score (nSPS) is 10.8. The van der Waals surface area contributed by atoms with Gasteiger partial charge in [-0.1, -0.05) is 36.0 Å². The molecule has 0 radical (unpaired) electrons. The molecule has 0 spiro atoms. The van der Waals surface area contributed by atoms with Crippen LogP contribution in [0.5, 0.6) is 0 Å². The quantitative estimate of drug-likeness (QED) is 0.571. The second kappa shape index (κ2) is 5.46. The minimum atomic E-state index is -0.182. The number of para-hydroxylation sites is 1.